The average Bonchev–Trinajstić information content (AvgIpc) is 2.72. The maximum absolute atomic E-state index is 14.8. The summed E-state index contributed by atoms with van der Waals surface area (Å²) in [5.74, 6) is -0.555. The molecule has 2 aromatic carbocycles. The van der Waals surface area contributed by atoms with E-state index < -0.39 is 36.0 Å². The Morgan fingerprint density at radius 2 is 1.59 bits per heavy atom. The molecule has 29 heavy (non-hydrogen) atoms. The highest BCUT2D eigenvalue weighted by molar-refractivity contribution is 6.20. The van der Waals surface area contributed by atoms with Crippen LogP contribution in [0.3, 0.4) is 0 Å². The van der Waals surface area contributed by atoms with E-state index in [9.17, 15) is 9.18 Å². The third-order valence-electron chi connectivity index (χ3n) is 4.54. The van der Waals surface area contributed by atoms with Crippen LogP contribution in [0.15, 0.2) is 60.7 Å². The van der Waals surface area contributed by atoms with Crippen LogP contribution >= 0.6 is 11.6 Å². The Hall–Kier alpha value is -1.99. The summed E-state index contributed by atoms with van der Waals surface area (Å²) in [6, 6.07) is 18.9. The first-order valence-electron chi connectivity index (χ1n) is 9.42. The molecule has 2 aromatic rings. The maximum atomic E-state index is 14.8. The Kier molecular flexibility index (Phi) is 8.00. The van der Waals surface area contributed by atoms with Crippen molar-refractivity contribution in [1.29, 1.82) is 0 Å². The van der Waals surface area contributed by atoms with Crippen molar-refractivity contribution in [1.82, 2.24) is 0 Å². The van der Waals surface area contributed by atoms with Gasteiger partial charge in [-0.2, -0.15) is 0 Å². The smallest absolute Gasteiger partial charge is 0.303 e. The van der Waals surface area contributed by atoms with E-state index >= 15 is 0 Å². The van der Waals surface area contributed by atoms with Gasteiger partial charge in [-0.05, 0) is 11.1 Å². The molecule has 1 fully saturated rings. The predicted octanol–water partition coefficient (Wildman–Crippen LogP) is 4.02. The van der Waals surface area contributed by atoms with Gasteiger partial charge in [-0.3, -0.25) is 4.79 Å². The number of carbonyl (C=O) groups is 1. The monoisotopic (exact) mass is 422 g/mol. The summed E-state index contributed by atoms with van der Waals surface area (Å²) in [7, 11) is 0. The molecule has 0 N–H and O–H groups in total. The minimum Gasteiger partial charge on any atom is -0.457 e. The lowest BCUT2D eigenvalue weighted by atomic mass is 10.0. The summed E-state index contributed by atoms with van der Waals surface area (Å²) in [5.41, 5.74) is 0.624. The Morgan fingerprint density at radius 1 is 1.00 bits per heavy atom. The van der Waals surface area contributed by atoms with Crippen LogP contribution in [0.4, 0.5) is 4.39 Å². The van der Waals surface area contributed by atoms with Crippen LogP contribution in [0.1, 0.15) is 18.1 Å². The van der Waals surface area contributed by atoms with E-state index in [4.69, 9.17) is 30.5 Å². The summed E-state index contributed by atoms with van der Waals surface area (Å²) in [4.78, 5) is 11.6. The van der Waals surface area contributed by atoms with Gasteiger partial charge in [0, 0.05) is 6.92 Å². The van der Waals surface area contributed by atoms with Crippen molar-refractivity contribution in [3.8, 4) is 0 Å². The van der Waals surface area contributed by atoms with Crippen LogP contribution in [-0.4, -0.2) is 42.6 Å². The number of rotatable bonds is 8. The van der Waals surface area contributed by atoms with Gasteiger partial charge in [-0.1, -0.05) is 72.3 Å². The SMILES string of the molecule is CC(=O)O[C@H]1[C@H](OCc2ccccc2)[C@@H](F)[C@H](Cl)O[C@@H]1COCc1ccccc1. The molecule has 1 saturated heterocycles. The molecule has 5 atom stereocenters. The van der Waals surface area contributed by atoms with Crippen LogP contribution in [0.25, 0.3) is 0 Å². The lowest BCUT2D eigenvalue weighted by Gasteiger charge is -2.41. The van der Waals surface area contributed by atoms with Crippen LogP contribution in [0.5, 0.6) is 0 Å². The summed E-state index contributed by atoms with van der Waals surface area (Å²) in [6.45, 7) is 1.84. The number of alkyl halides is 2. The van der Waals surface area contributed by atoms with E-state index in [1.54, 1.807) is 0 Å². The number of ether oxygens (including phenoxy) is 4. The number of benzene rings is 2. The second-order valence-electron chi connectivity index (χ2n) is 6.81. The van der Waals surface area contributed by atoms with Crippen LogP contribution in [0, 0.1) is 0 Å². The lowest BCUT2D eigenvalue weighted by Crippen LogP contribution is -2.58. The van der Waals surface area contributed by atoms with Crippen LogP contribution < -0.4 is 0 Å². The maximum Gasteiger partial charge on any atom is 0.303 e. The quantitative estimate of drug-likeness (QED) is 0.475. The summed E-state index contributed by atoms with van der Waals surface area (Å²) < 4.78 is 37.2. The van der Waals surface area contributed by atoms with E-state index in [-0.39, 0.29) is 13.2 Å². The normalized spacial score (nSPS) is 26.8. The molecule has 0 unspecified atom stereocenters. The van der Waals surface area contributed by atoms with E-state index in [2.05, 4.69) is 0 Å². The van der Waals surface area contributed by atoms with Gasteiger partial charge in [-0.25, -0.2) is 4.39 Å². The molecule has 1 heterocycles. The van der Waals surface area contributed by atoms with Crippen molar-refractivity contribution in [3.05, 3.63) is 71.8 Å². The van der Waals surface area contributed by atoms with Gasteiger partial charge in [0.15, 0.2) is 17.8 Å². The van der Waals surface area contributed by atoms with E-state index in [0.29, 0.717) is 6.61 Å². The Labute approximate surface area is 174 Å². The molecular weight excluding hydrogens is 399 g/mol. The minimum atomic E-state index is -1.66. The Bertz CT molecular complexity index is 760. The van der Waals surface area contributed by atoms with Crippen LogP contribution in [0.2, 0.25) is 0 Å². The molecule has 0 amide bonds. The third kappa shape index (κ3) is 6.24. The molecule has 0 spiro atoms. The molecule has 1 aliphatic heterocycles. The number of hydrogen-bond donors (Lipinski definition) is 0. The first-order chi connectivity index (χ1) is 14.0. The predicted molar refractivity (Wildman–Crippen MR) is 106 cm³/mol. The van der Waals surface area contributed by atoms with Crippen molar-refractivity contribution in [2.45, 2.75) is 50.2 Å². The molecule has 0 aromatic heterocycles. The Balaban J connectivity index is 1.67. The average molecular weight is 423 g/mol. The van der Waals surface area contributed by atoms with Crippen molar-refractivity contribution in [2.75, 3.05) is 6.61 Å². The molecule has 7 heteroatoms. The fourth-order valence-corrected chi connectivity index (χ4v) is 3.43. The third-order valence-corrected chi connectivity index (χ3v) is 4.88. The topological polar surface area (TPSA) is 54.0 Å². The minimum absolute atomic E-state index is 0.0774. The second kappa shape index (κ2) is 10.7. The van der Waals surface area contributed by atoms with Gasteiger partial charge in [-0.15, -0.1) is 0 Å². The number of carbonyl (C=O) groups excluding carboxylic acids is 1. The number of hydrogen-bond acceptors (Lipinski definition) is 5. The molecule has 5 nitrogen and oxygen atoms in total. The van der Waals surface area contributed by atoms with E-state index in [1.807, 2.05) is 60.7 Å². The molecule has 1 aliphatic rings. The summed E-state index contributed by atoms with van der Waals surface area (Å²) in [6.07, 6.45) is -4.45. The van der Waals surface area contributed by atoms with E-state index in [1.165, 1.54) is 6.92 Å². The second-order valence-corrected chi connectivity index (χ2v) is 7.24. The Morgan fingerprint density at radius 3 is 2.17 bits per heavy atom. The zero-order valence-electron chi connectivity index (χ0n) is 16.1. The van der Waals surface area contributed by atoms with Crippen molar-refractivity contribution >= 4 is 17.6 Å². The first-order valence-corrected chi connectivity index (χ1v) is 9.86. The van der Waals surface area contributed by atoms with Crippen molar-refractivity contribution in [3.63, 3.8) is 0 Å². The molecule has 3 rings (SSSR count). The lowest BCUT2D eigenvalue weighted by molar-refractivity contribution is -0.226. The van der Waals surface area contributed by atoms with Crippen molar-refractivity contribution in [2.24, 2.45) is 0 Å². The van der Waals surface area contributed by atoms with Gasteiger partial charge in [0.05, 0.1) is 19.8 Å². The summed E-state index contributed by atoms with van der Waals surface area (Å²) >= 11 is 6.06. The molecular formula is C22H24ClFO5. The highest BCUT2D eigenvalue weighted by Gasteiger charge is 2.48. The molecule has 156 valence electrons. The van der Waals surface area contributed by atoms with Gasteiger partial charge >= 0.3 is 5.97 Å². The first kappa shape index (κ1) is 21.7. The number of esters is 1. The van der Waals surface area contributed by atoms with Gasteiger partial charge in [0.1, 0.15) is 12.2 Å². The highest BCUT2D eigenvalue weighted by Crippen LogP contribution is 2.31. The van der Waals surface area contributed by atoms with Crippen molar-refractivity contribution < 1.29 is 28.1 Å². The zero-order chi connectivity index (χ0) is 20.6. The fourth-order valence-electron chi connectivity index (χ4n) is 3.15. The highest BCUT2D eigenvalue weighted by atomic mass is 35.5. The molecule has 0 bridgehead atoms. The molecule has 0 aliphatic carbocycles. The summed E-state index contributed by atoms with van der Waals surface area (Å²) in [5, 5.41) is 0. The molecule has 0 saturated carbocycles. The number of halogens is 2. The zero-order valence-corrected chi connectivity index (χ0v) is 16.8. The largest absolute Gasteiger partial charge is 0.457 e. The van der Waals surface area contributed by atoms with Crippen LogP contribution in [-0.2, 0) is 37.0 Å². The standard InChI is InChI=1S/C22H24ClFO5/c1-15(25)28-20-18(14-26-12-16-8-4-2-5-9-16)29-22(23)19(24)21(20)27-13-17-10-6-3-7-11-17/h2-11,18-22H,12-14H2,1H3/t18-,19-,20-,21-,22-/m1/s1. The van der Waals surface area contributed by atoms with E-state index in [0.717, 1.165) is 11.1 Å². The fraction of sp³-hybridized carbons (Fsp3) is 0.409. The molecule has 0 radical (unpaired) electrons. The van der Waals surface area contributed by atoms with Gasteiger partial charge in [0.25, 0.3) is 0 Å². The van der Waals surface area contributed by atoms with Gasteiger partial charge < -0.3 is 18.9 Å². The van der Waals surface area contributed by atoms with Gasteiger partial charge in [0.2, 0.25) is 0 Å².